The van der Waals surface area contributed by atoms with E-state index in [1.807, 2.05) is 12.1 Å². The molecule has 0 radical (unpaired) electrons. The number of anilines is 12. The number of hydrogen-bond acceptors (Lipinski definition) is 5. The van der Waals surface area contributed by atoms with Crippen molar-refractivity contribution >= 4 is 112 Å². The molecule has 23 aromatic carbocycles. The number of nitrogens with zero attached hydrogens (tertiary/aromatic N) is 5. The Morgan fingerprint density at radius 2 is 0.312 bits per heavy atom. The molecule has 0 saturated carbocycles. The number of furan rings is 1. The van der Waals surface area contributed by atoms with E-state index in [9.17, 15) is 0 Å². The fourth-order valence-electron chi connectivity index (χ4n) is 21.4. The Hall–Kier alpha value is -19.1. The van der Waals surface area contributed by atoms with Crippen molar-refractivity contribution in [3.63, 3.8) is 0 Å². The predicted octanol–water partition coefficient (Wildman–Crippen LogP) is 38.9. The minimum atomic E-state index is 0.896. The highest BCUT2D eigenvalue weighted by atomic mass is 16.3. The van der Waals surface area contributed by atoms with Crippen molar-refractivity contribution in [1.29, 1.82) is 0 Å². The number of aromatic nitrogens is 1. The quantitative estimate of drug-likeness (QED) is 0.144. The van der Waals surface area contributed by atoms with Gasteiger partial charge in [-0.3, -0.25) is 0 Å². The lowest BCUT2D eigenvalue weighted by Gasteiger charge is -2.27. The zero-order chi connectivity index (χ0) is 95.3. The molecule has 0 N–H and O–H groups in total. The van der Waals surface area contributed by atoms with E-state index in [1.165, 1.54) is 99.7 Å². The number of hydrogen-bond donors (Lipinski definition) is 0. The van der Waals surface area contributed by atoms with Crippen molar-refractivity contribution in [3.05, 3.63) is 564 Å². The van der Waals surface area contributed by atoms with E-state index in [1.54, 1.807) is 0 Å². The molecule has 25 aromatic rings. The van der Waals surface area contributed by atoms with Crippen LogP contribution in [0, 0.1) is 0 Å². The normalized spacial score (nSPS) is 12.0. The zero-order valence-corrected chi connectivity index (χ0v) is 78.8. The second-order valence-corrected chi connectivity index (χ2v) is 37.0. The van der Waals surface area contributed by atoms with Crippen LogP contribution in [-0.2, 0) is 0 Å². The topological polar surface area (TPSA) is 31.0 Å². The lowest BCUT2D eigenvalue weighted by atomic mass is 9.93. The van der Waals surface area contributed by atoms with Crippen LogP contribution >= 0.6 is 0 Å². The van der Waals surface area contributed by atoms with Crippen LogP contribution in [0.25, 0.3) is 183 Å². The largest absolute Gasteiger partial charge is 0.456 e. The third-order valence-electron chi connectivity index (χ3n) is 28.6. The van der Waals surface area contributed by atoms with Crippen molar-refractivity contribution < 1.29 is 4.42 Å². The van der Waals surface area contributed by atoms with Gasteiger partial charge in [-0.2, -0.15) is 0 Å². The highest BCUT2D eigenvalue weighted by molar-refractivity contribution is 6.11. The summed E-state index contributed by atoms with van der Waals surface area (Å²) in [7, 11) is 0. The van der Waals surface area contributed by atoms with Crippen molar-refractivity contribution in [2.75, 3.05) is 19.6 Å². The standard InChI is InChI=1S/C72H49N3.C66H44N2O/c1-3-13-50(14-4-1)51-23-36-59(37-24-51)73-61-40-27-53(28-41-61)65-17-7-9-19-67(65)55-31-44-63(45-32-55)74(64-46-33-56(34-47-64)68-20-10-8-18-66(68)54-29-42-62(73)43-30-54)60-38-25-52(26-39-60)57-35-48-72-70(49-57)69-21-11-12-22-71(69)75(72)58-15-5-2-6-16-58;1-2-10-45(11-3-1)46-18-31-53(32-19-46)67-55-35-22-48(23-36-55)59-12-4-6-14-61(59)50-26-39-57(40-27-50)68(58-41-28-51(29-42-58)62-15-7-5-13-60(62)49-24-37-56(67)38-25-49)54-33-20-47(21-34-54)52-30-43-64-63-16-8-9-17-65(63)69-66(64)44-52/h1-49H;1-44H. The highest BCUT2D eigenvalue weighted by Crippen LogP contribution is 2.49. The van der Waals surface area contributed by atoms with E-state index in [0.29, 0.717) is 0 Å². The summed E-state index contributed by atoms with van der Waals surface area (Å²) in [5.41, 5.74) is 46.5. The summed E-state index contributed by atoms with van der Waals surface area (Å²) >= 11 is 0. The molecule has 0 unspecified atom stereocenters. The van der Waals surface area contributed by atoms with Crippen molar-refractivity contribution in [1.82, 2.24) is 4.57 Å². The molecule has 0 spiro atoms. The van der Waals surface area contributed by atoms with Gasteiger partial charge in [0.05, 0.1) is 11.0 Å². The maximum atomic E-state index is 6.27. The van der Waals surface area contributed by atoms with E-state index in [0.717, 1.165) is 152 Å². The van der Waals surface area contributed by atoms with Crippen LogP contribution in [0.2, 0.25) is 0 Å². The fraction of sp³-hybridized carbons (Fsp3) is 0. The average Bonchev–Trinajstić information content (AvgIpc) is 1.58. The molecular weight excluding hydrogens is 1740 g/mol. The van der Waals surface area contributed by atoms with Crippen molar-refractivity contribution in [2.45, 2.75) is 0 Å². The van der Waals surface area contributed by atoms with Crippen molar-refractivity contribution in [3.8, 4) is 139 Å². The van der Waals surface area contributed by atoms with Crippen LogP contribution < -0.4 is 19.6 Å². The Labute approximate surface area is 838 Å². The molecule has 16 heterocycles. The SMILES string of the molecule is c1ccc(-c2ccc(N3c4ccc(cc4)-c4ccccc4-c4ccc(cc4)N(c4ccc(-c5ccc6c(c5)c5ccccc5n6-c5ccccc5)cc4)c4ccc(cc4)-c4ccccc4-c4ccc3cc4)cc2)cc1.c1ccc(-c2ccc(N3c4ccc(cc4)-c4ccccc4-c4ccc(cc4)N(c4ccc(-c5ccc6c(c5)oc5ccccc56)cc4)c4ccc(cc4)-c4ccccc4-c4ccc3cc4)cc2)cc1. The molecule has 0 amide bonds. The van der Waals surface area contributed by atoms with Gasteiger partial charge in [-0.25, -0.2) is 0 Å². The van der Waals surface area contributed by atoms with Gasteiger partial charge in [-0.1, -0.05) is 370 Å². The Morgan fingerprint density at radius 1 is 0.111 bits per heavy atom. The summed E-state index contributed by atoms with van der Waals surface area (Å²) in [4.78, 5) is 9.43. The van der Waals surface area contributed by atoms with E-state index < -0.39 is 0 Å². The molecule has 676 valence electrons. The van der Waals surface area contributed by atoms with E-state index >= 15 is 0 Å². The molecule has 16 bridgehead atoms. The summed E-state index contributed by atoms with van der Waals surface area (Å²) < 4.78 is 8.64. The molecular formula is C138H93N5O. The zero-order valence-electron chi connectivity index (χ0n) is 78.8. The third kappa shape index (κ3) is 16.1. The molecule has 14 aliphatic rings. The molecule has 14 aliphatic heterocycles. The third-order valence-corrected chi connectivity index (χ3v) is 28.6. The van der Waals surface area contributed by atoms with Crippen LogP contribution in [0.5, 0.6) is 0 Å². The smallest absolute Gasteiger partial charge is 0.136 e. The molecule has 6 heteroatoms. The van der Waals surface area contributed by atoms with Gasteiger partial charge in [0.25, 0.3) is 0 Å². The molecule has 0 fully saturated rings. The summed E-state index contributed by atoms with van der Waals surface area (Å²) in [6, 6.07) is 205. The Kier molecular flexibility index (Phi) is 21.9. The maximum absolute atomic E-state index is 6.27. The average molecular weight is 1840 g/mol. The maximum Gasteiger partial charge on any atom is 0.136 e. The minimum Gasteiger partial charge on any atom is -0.456 e. The molecule has 2 aromatic heterocycles. The van der Waals surface area contributed by atoms with Crippen LogP contribution in [0.3, 0.4) is 0 Å². The molecule has 39 rings (SSSR count). The molecule has 0 atom stereocenters. The summed E-state index contributed by atoms with van der Waals surface area (Å²) in [5.74, 6) is 0. The Bertz CT molecular complexity index is 8730. The number of fused-ring (bicyclic) bond motifs is 6. The van der Waals surface area contributed by atoms with Crippen LogP contribution in [0.4, 0.5) is 68.2 Å². The van der Waals surface area contributed by atoms with E-state index in [2.05, 4.69) is 576 Å². The van der Waals surface area contributed by atoms with Gasteiger partial charge >= 0.3 is 0 Å². The van der Waals surface area contributed by atoms with E-state index in [4.69, 9.17) is 4.42 Å². The van der Waals surface area contributed by atoms with Gasteiger partial charge < -0.3 is 28.6 Å². The second-order valence-electron chi connectivity index (χ2n) is 37.0. The first-order valence-corrected chi connectivity index (χ1v) is 49.3. The minimum absolute atomic E-state index is 0.896. The van der Waals surface area contributed by atoms with Gasteiger partial charge in [0.1, 0.15) is 11.2 Å². The lowest BCUT2D eigenvalue weighted by molar-refractivity contribution is 0.669. The molecule has 144 heavy (non-hydrogen) atoms. The highest BCUT2D eigenvalue weighted by Gasteiger charge is 2.25. The first kappa shape index (κ1) is 85.3. The number of para-hydroxylation sites is 3. The van der Waals surface area contributed by atoms with E-state index in [-0.39, 0.29) is 0 Å². The van der Waals surface area contributed by atoms with Gasteiger partial charge in [0, 0.05) is 95.5 Å². The molecule has 0 aliphatic carbocycles. The Morgan fingerprint density at radius 3 is 0.611 bits per heavy atom. The molecule has 6 nitrogen and oxygen atoms in total. The number of benzene rings is 23. The number of rotatable bonds is 9. The van der Waals surface area contributed by atoms with Gasteiger partial charge in [-0.05, 0) is 328 Å². The van der Waals surface area contributed by atoms with Crippen LogP contribution in [0.15, 0.2) is 569 Å². The summed E-state index contributed by atoms with van der Waals surface area (Å²) in [5, 5.41) is 4.76. The van der Waals surface area contributed by atoms with Gasteiger partial charge in [0.15, 0.2) is 0 Å². The summed E-state index contributed by atoms with van der Waals surface area (Å²) in [6.45, 7) is 0. The van der Waals surface area contributed by atoms with Gasteiger partial charge in [-0.15, -0.1) is 0 Å². The first-order valence-electron chi connectivity index (χ1n) is 49.3. The Balaban J connectivity index is 0.000000147. The lowest BCUT2D eigenvalue weighted by Crippen LogP contribution is -2.10. The fourth-order valence-corrected chi connectivity index (χ4v) is 21.4. The summed E-state index contributed by atoms with van der Waals surface area (Å²) in [6.07, 6.45) is 0. The van der Waals surface area contributed by atoms with Crippen molar-refractivity contribution in [2.24, 2.45) is 0 Å². The molecule has 0 saturated heterocycles. The monoisotopic (exact) mass is 1840 g/mol. The van der Waals surface area contributed by atoms with Crippen LogP contribution in [-0.4, -0.2) is 4.57 Å². The second kappa shape index (κ2) is 37.0. The van der Waals surface area contributed by atoms with Crippen LogP contribution in [0.1, 0.15) is 0 Å². The predicted molar refractivity (Wildman–Crippen MR) is 606 cm³/mol. The first-order chi connectivity index (χ1) is 71.4. The van der Waals surface area contributed by atoms with Gasteiger partial charge in [0.2, 0.25) is 0 Å².